The number of hydrogen-bond acceptors (Lipinski definition) is 9. The molecule has 0 atom stereocenters. The van der Waals surface area contributed by atoms with Crippen molar-refractivity contribution >= 4 is 29.4 Å². The van der Waals surface area contributed by atoms with E-state index in [1.165, 1.54) is 0 Å². The van der Waals surface area contributed by atoms with E-state index >= 15 is 0 Å². The first-order valence-corrected chi connectivity index (χ1v) is 15.8. The largest absolute Gasteiger partial charge is 0.359 e. The van der Waals surface area contributed by atoms with Crippen molar-refractivity contribution in [1.82, 2.24) is 40.7 Å². The summed E-state index contributed by atoms with van der Waals surface area (Å²) in [7, 11) is 3.61. The van der Waals surface area contributed by atoms with Gasteiger partial charge in [0, 0.05) is 51.8 Å². The van der Waals surface area contributed by atoms with Crippen LogP contribution in [0, 0.1) is 0 Å². The van der Waals surface area contributed by atoms with Gasteiger partial charge >= 0.3 is 0 Å². The van der Waals surface area contributed by atoms with Crippen molar-refractivity contribution in [2.24, 2.45) is 0 Å². The summed E-state index contributed by atoms with van der Waals surface area (Å²) < 4.78 is 1.91. The molecule has 13 heteroatoms. The lowest BCUT2D eigenvalue weighted by Gasteiger charge is -2.24. The van der Waals surface area contributed by atoms with Crippen LogP contribution in [0.1, 0.15) is 80.9 Å². The van der Waals surface area contributed by atoms with Gasteiger partial charge in [0.15, 0.2) is 5.82 Å². The fourth-order valence-corrected chi connectivity index (χ4v) is 5.16. The predicted octanol–water partition coefficient (Wildman–Crippen LogP) is 3.05. The second-order valence-electron chi connectivity index (χ2n) is 11.5. The minimum atomic E-state index is -0.139. The number of anilines is 2. The van der Waals surface area contributed by atoms with Crippen molar-refractivity contribution < 1.29 is 14.4 Å². The van der Waals surface area contributed by atoms with E-state index in [0.717, 1.165) is 43.4 Å². The van der Waals surface area contributed by atoms with Gasteiger partial charge in [-0.2, -0.15) is 0 Å². The van der Waals surface area contributed by atoms with Crippen LogP contribution in [0.3, 0.4) is 0 Å². The highest BCUT2D eigenvalue weighted by Gasteiger charge is 2.33. The number of unbranched alkanes of at least 4 members (excludes halogenated alkanes) is 4. The van der Waals surface area contributed by atoms with E-state index in [0.29, 0.717) is 61.3 Å². The van der Waals surface area contributed by atoms with Crippen LogP contribution >= 0.6 is 0 Å². The van der Waals surface area contributed by atoms with Crippen LogP contribution in [0.25, 0.3) is 11.5 Å². The third-order valence-corrected chi connectivity index (χ3v) is 8.08. The SMILES string of the molecule is CCn1cnnc1-c1cccc(N2Cc3c(cc(N(C)C(C)C)nc3CNCC(=O)NCCCCCCCC(=O)NC)C2=O)n1. The van der Waals surface area contributed by atoms with Gasteiger partial charge in [0.1, 0.15) is 23.7 Å². The highest BCUT2D eigenvalue weighted by molar-refractivity contribution is 6.10. The summed E-state index contributed by atoms with van der Waals surface area (Å²) in [5.74, 6) is 1.73. The molecule has 0 bridgehead atoms. The third-order valence-electron chi connectivity index (χ3n) is 8.08. The van der Waals surface area contributed by atoms with Crippen LogP contribution in [0.5, 0.6) is 0 Å². The first-order chi connectivity index (χ1) is 21.7. The van der Waals surface area contributed by atoms with E-state index in [4.69, 9.17) is 9.97 Å². The van der Waals surface area contributed by atoms with Crippen molar-refractivity contribution in [2.75, 3.05) is 37.0 Å². The maximum atomic E-state index is 13.8. The summed E-state index contributed by atoms with van der Waals surface area (Å²) in [5, 5.41) is 17.1. The molecule has 45 heavy (non-hydrogen) atoms. The predicted molar refractivity (Wildman–Crippen MR) is 174 cm³/mol. The summed E-state index contributed by atoms with van der Waals surface area (Å²) in [4.78, 5) is 51.0. The van der Waals surface area contributed by atoms with Crippen molar-refractivity contribution in [3.63, 3.8) is 0 Å². The van der Waals surface area contributed by atoms with E-state index in [1.807, 2.05) is 47.7 Å². The second-order valence-corrected chi connectivity index (χ2v) is 11.5. The zero-order valence-electron chi connectivity index (χ0n) is 27.1. The molecule has 0 unspecified atom stereocenters. The quantitative estimate of drug-likeness (QED) is 0.194. The van der Waals surface area contributed by atoms with Crippen LogP contribution in [-0.4, -0.2) is 75.7 Å². The van der Waals surface area contributed by atoms with Gasteiger partial charge in [0.25, 0.3) is 5.91 Å². The first kappa shape index (κ1) is 33.5. The van der Waals surface area contributed by atoms with Crippen LogP contribution in [0.2, 0.25) is 0 Å². The average Bonchev–Trinajstić information content (AvgIpc) is 3.66. The Balaban J connectivity index is 1.38. The number of amides is 3. The number of carbonyl (C=O) groups excluding carboxylic acids is 3. The van der Waals surface area contributed by atoms with Crippen LogP contribution in [0.15, 0.2) is 30.6 Å². The first-order valence-electron chi connectivity index (χ1n) is 15.8. The van der Waals surface area contributed by atoms with Crippen molar-refractivity contribution in [2.45, 2.75) is 85.0 Å². The number of rotatable bonds is 17. The number of nitrogens with zero attached hydrogens (tertiary/aromatic N) is 7. The van der Waals surface area contributed by atoms with E-state index in [-0.39, 0.29) is 30.3 Å². The molecule has 3 amide bonds. The molecule has 0 aromatic carbocycles. The Morgan fingerprint density at radius 1 is 1.07 bits per heavy atom. The molecule has 0 saturated heterocycles. The molecular formula is C32H46N10O3. The molecule has 0 radical (unpaired) electrons. The third kappa shape index (κ3) is 8.62. The zero-order valence-corrected chi connectivity index (χ0v) is 27.1. The number of aromatic nitrogens is 5. The van der Waals surface area contributed by atoms with Gasteiger partial charge in [-0.15, -0.1) is 10.2 Å². The van der Waals surface area contributed by atoms with Crippen molar-refractivity contribution in [3.05, 3.63) is 47.4 Å². The lowest BCUT2D eigenvalue weighted by atomic mass is 10.1. The van der Waals surface area contributed by atoms with E-state index in [2.05, 4.69) is 40.0 Å². The number of carbonyl (C=O) groups is 3. The molecule has 3 aromatic heterocycles. The Morgan fingerprint density at radius 3 is 2.60 bits per heavy atom. The van der Waals surface area contributed by atoms with E-state index in [9.17, 15) is 14.4 Å². The van der Waals surface area contributed by atoms with Gasteiger partial charge in [-0.1, -0.05) is 25.3 Å². The highest BCUT2D eigenvalue weighted by atomic mass is 16.2. The average molecular weight is 619 g/mol. The van der Waals surface area contributed by atoms with Crippen molar-refractivity contribution in [3.8, 4) is 11.5 Å². The smallest absolute Gasteiger partial charge is 0.260 e. The Bertz CT molecular complexity index is 1470. The molecule has 3 N–H and O–H groups in total. The second kappa shape index (κ2) is 16.1. The standard InChI is InChI=1S/C32H46N10O3/c1-6-41-21-36-39-31(41)25-13-12-14-27(37-25)42-20-24-23(32(42)45)17-28(40(5)22(2)3)38-26(24)18-34-19-30(44)35-16-11-9-7-8-10-15-29(43)33-4/h12-14,17,21-22,34H,6-11,15-16,18-20H2,1-5H3,(H,33,43)(H,35,44). The summed E-state index contributed by atoms with van der Waals surface area (Å²) in [6.07, 6.45) is 7.07. The van der Waals surface area contributed by atoms with Gasteiger partial charge in [0.2, 0.25) is 11.8 Å². The Hall–Kier alpha value is -4.39. The van der Waals surface area contributed by atoms with Gasteiger partial charge in [-0.25, -0.2) is 9.97 Å². The zero-order chi connectivity index (χ0) is 32.3. The number of pyridine rings is 2. The van der Waals surface area contributed by atoms with Gasteiger partial charge in [-0.3, -0.25) is 19.3 Å². The number of hydrogen-bond donors (Lipinski definition) is 3. The summed E-state index contributed by atoms with van der Waals surface area (Å²) in [6.45, 7) is 8.29. The van der Waals surface area contributed by atoms with Gasteiger partial charge in [0.05, 0.1) is 24.3 Å². The Kier molecular flexibility index (Phi) is 12.0. The monoisotopic (exact) mass is 618 g/mol. The van der Waals surface area contributed by atoms with E-state index in [1.54, 1.807) is 18.3 Å². The lowest BCUT2D eigenvalue weighted by Crippen LogP contribution is -2.34. The lowest BCUT2D eigenvalue weighted by molar-refractivity contribution is -0.121. The fourth-order valence-electron chi connectivity index (χ4n) is 5.16. The molecule has 0 aliphatic carbocycles. The molecule has 0 spiro atoms. The summed E-state index contributed by atoms with van der Waals surface area (Å²) in [5.41, 5.74) is 2.79. The molecule has 0 fully saturated rings. The molecule has 4 rings (SSSR count). The minimum Gasteiger partial charge on any atom is -0.359 e. The topological polar surface area (TPSA) is 150 Å². The highest BCUT2D eigenvalue weighted by Crippen LogP contribution is 2.32. The molecule has 0 saturated carbocycles. The molecule has 3 aromatic rings. The summed E-state index contributed by atoms with van der Waals surface area (Å²) >= 11 is 0. The molecule has 242 valence electrons. The maximum Gasteiger partial charge on any atom is 0.260 e. The molecule has 4 heterocycles. The fraction of sp³-hybridized carbons (Fsp3) is 0.531. The molecule has 1 aliphatic heterocycles. The van der Waals surface area contributed by atoms with E-state index < -0.39 is 0 Å². The minimum absolute atomic E-state index is 0.0780. The van der Waals surface area contributed by atoms with Gasteiger partial charge in [-0.05, 0) is 51.8 Å². The van der Waals surface area contributed by atoms with Crippen molar-refractivity contribution in [1.29, 1.82) is 0 Å². The Morgan fingerprint density at radius 2 is 1.84 bits per heavy atom. The molecule has 13 nitrogen and oxygen atoms in total. The van der Waals surface area contributed by atoms with Crippen LogP contribution in [-0.2, 0) is 29.2 Å². The number of fused-ring (bicyclic) bond motifs is 1. The molecular weight excluding hydrogens is 572 g/mol. The number of aryl methyl sites for hydroxylation is 1. The molecule has 1 aliphatic rings. The van der Waals surface area contributed by atoms with Crippen LogP contribution in [0.4, 0.5) is 11.6 Å². The maximum absolute atomic E-state index is 13.8. The summed E-state index contributed by atoms with van der Waals surface area (Å²) in [6, 6.07) is 7.58. The van der Waals surface area contributed by atoms with Gasteiger partial charge < -0.3 is 25.4 Å². The normalized spacial score (nSPS) is 12.5. The number of nitrogens with one attached hydrogen (secondary N) is 3. The van der Waals surface area contributed by atoms with Crippen LogP contribution < -0.4 is 25.8 Å². The Labute approximate surface area is 265 Å².